The summed E-state index contributed by atoms with van der Waals surface area (Å²) in [6.07, 6.45) is 4.86. The van der Waals surface area contributed by atoms with Crippen molar-refractivity contribution in [2.75, 3.05) is 31.1 Å². The minimum absolute atomic E-state index is 0.893. The van der Waals surface area contributed by atoms with E-state index in [0.29, 0.717) is 0 Å². The first kappa shape index (κ1) is 21.9. The topological polar surface area (TPSA) is 45.2 Å². The Hall–Kier alpha value is -3.61. The van der Waals surface area contributed by atoms with Crippen molar-refractivity contribution in [1.82, 2.24) is 19.9 Å². The van der Waals surface area contributed by atoms with Crippen LogP contribution in [-0.4, -0.2) is 46.0 Å². The number of fused-ring (bicyclic) bond motifs is 1. The van der Waals surface area contributed by atoms with E-state index in [-0.39, 0.29) is 0 Å². The summed E-state index contributed by atoms with van der Waals surface area (Å²) in [5.41, 5.74) is 6.75. The first-order chi connectivity index (χ1) is 17.3. The second kappa shape index (κ2) is 9.94. The van der Waals surface area contributed by atoms with Crippen LogP contribution in [-0.2, 0) is 6.54 Å². The fourth-order valence-corrected chi connectivity index (χ4v) is 5.60. The zero-order valence-electron chi connectivity index (χ0n) is 19.5. The number of benzene rings is 2. The summed E-state index contributed by atoms with van der Waals surface area (Å²) in [5.74, 6) is 0. The van der Waals surface area contributed by atoms with E-state index in [1.807, 2.05) is 36.7 Å². The Bertz CT molecular complexity index is 1420. The van der Waals surface area contributed by atoms with Gasteiger partial charge in [-0.1, -0.05) is 42.5 Å². The fourth-order valence-electron chi connectivity index (χ4n) is 4.79. The van der Waals surface area contributed by atoms with Gasteiger partial charge in [0.15, 0.2) is 0 Å². The van der Waals surface area contributed by atoms with Gasteiger partial charge in [-0.15, -0.1) is 11.3 Å². The average Bonchev–Trinajstić information content (AvgIpc) is 3.27. The minimum Gasteiger partial charge on any atom is -0.368 e. The van der Waals surface area contributed by atoms with Crippen LogP contribution in [0.5, 0.6) is 0 Å². The molecule has 1 saturated heterocycles. The van der Waals surface area contributed by atoms with E-state index >= 15 is 0 Å². The molecule has 5 aromatic rings. The molecule has 2 aromatic carbocycles. The minimum atomic E-state index is 0.893. The molecule has 6 heteroatoms. The van der Waals surface area contributed by atoms with Crippen molar-refractivity contribution in [2.45, 2.75) is 13.0 Å². The van der Waals surface area contributed by atoms with Crippen LogP contribution in [0, 0.1) is 0 Å². The number of aromatic nitrogens is 3. The monoisotopic (exact) mass is 477 g/mol. The van der Waals surface area contributed by atoms with Crippen LogP contribution in [0.4, 0.5) is 5.69 Å². The number of hydrogen-bond acceptors (Lipinski definition) is 6. The van der Waals surface area contributed by atoms with Gasteiger partial charge in [0.1, 0.15) is 5.01 Å². The zero-order chi connectivity index (χ0) is 23.5. The molecule has 0 amide bonds. The molecule has 5 nitrogen and oxygen atoms in total. The molecule has 0 unspecified atom stereocenters. The summed E-state index contributed by atoms with van der Waals surface area (Å²) in [6, 6.07) is 25.1. The van der Waals surface area contributed by atoms with Crippen molar-refractivity contribution in [3.05, 3.63) is 96.3 Å². The molecule has 1 aliphatic rings. The van der Waals surface area contributed by atoms with Crippen LogP contribution in [0.1, 0.15) is 12.1 Å². The Kier molecular flexibility index (Phi) is 6.22. The SMILES string of the molecule is c1ccc(-c2nc(CN3CCCN(c4cc(-c5ccccn5)cc5cccnc45)CC3)cs2)cc1. The molecule has 174 valence electrons. The van der Waals surface area contributed by atoms with Crippen molar-refractivity contribution in [1.29, 1.82) is 0 Å². The van der Waals surface area contributed by atoms with E-state index in [1.165, 1.54) is 11.3 Å². The number of rotatable bonds is 5. The third-order valence-corrected chi connectivity index (χ3v) is 7.47. The predicted octanol–water partition coefficient (Wildman–Crippen LogP) is 6.13. The van der Waals surface area contributed by atoms with E-state index in [0.717, 1.165) is 72.0 Å². The summed E-state index contributed by atoms with van der Waals surface area (Å²) in [7, 11) is 0. The van der Waals surface area contributed by atoms with Crippen molar-refractivity contribution < 1.29 is 0 Å². The van der Waals surface area contributed by atoms with Crippen LogP contribution in [0.25, 0.3) is 32.7 Å². The number of hydrogen-bond donors (Lipinski definition) is 0. The highest BCUT2D eigenvalue weighted by molar-refractivity contribution is 7.13. The lowest BCUT2D eigenvalue weighted by Crippen LogP contribution is -2.30. The molecule has 0 saturated carbocycles. The molecule has 0 N–H and O–H groups in total. The van der Waals surface area contributed by atoms with Gasteiger partial charge >= 0.3 is 0 Å². The maximum absolute atomic E-state index is 4.91. The third-order valence-electron chi connectivity index (χ3n) is 6.53. The number of pyridine rings is 2. The highest BCUT2D eigenvalue weighted by atomic mass is 32.1. The summed E-state index contributed by atoms with van der Waals surface area (Å²) < 4.78 is 0. The van der Waals surface area contributed by atoms with Gasteiger partial charge in [0, 0.05) is 67.0 Å². The first-order valence-corrected chi connectivity index (χ1v) is 13.0. The van der Waals surface area contributed by atoms with Gasteiger partial charge in [-0.2, -0.15) is 0 Å². The van der Waals surface area contributed by atoms with Gasteiger partial charge in [0.25, 0.3) is 0 Å². The van der Waals surface area contributed by atoms with Crippen molar-refractivity contribution in [2.24, 2.45) is 0 Å². The average molecular weight is 478 g/mol. The van der Waals surface area contributed by atoms with Crippen molar-refractivity contribution in [3.8, 4) is 21.8 Å². The number of nitrogens with zero attached hydrogens (tertiary/aromatic N) is 5. The lowest BCUT2D eigenvalue weighted by atomic mass is 10.0. The second-order valence-corrected chi connectivity index (χ2v) is 9.77. The summed E-state index contributed by atoms with van der Waals surface area (Å²) >= 11 is 1.73. The number of anilines is 1. The van der Waals surface area contributed by atoms with Gasteiger partial charge in [-0.25, -0.2) is 4.98 Å². The van der Waals surface area contributed by atoms with Crippen molar-refractivity contribution in [3.63, 3.8) is 0 Å². The normalized spacial score (nSPS) is 14.8. The first-order valence-electron chi connectivity index (χ1n) is 12.1. The largest absolute Gasteiger partial charge is 0.368 e. The van der Waals surface area contributed by atoms with Crippen LogP contribution < -0.4 is 4.90 Å². The molecule has 0 bridgehead atoms. The molecule has 6 rings (SSSR count). The Morgan fingerprint density at radius 3 is 2.54 bits per heavy atom. The van der Waals surface area contributed by atoms with E-state index in [9.17, 15) is 0 Å². The maximum atomic E-state index is 4.91. The summed E-state index contributed by atoms with van der Waals surface area (Å²) in [5, 5.41) is 4.46. The van der Waals surface area contributed by atoms with Gasteiger partial charge in [-0.3, -0.25) is 14.9 Å². The van der Waals surface area contributed by atoms with E-state index < -0.39 is 0 Å². The second-order valence-electron chi connectivity index (χ2n) is 8.91. The van der Waals surface area contributed by atoms with E-state index in [1.54, 1.807) is 11.3 Å². The fraction of sp³-hybridized carbons (Fsp3) is 0.207. The quantitative estimate of drug-likeness (QED) is 0.305. The molecule has 35 heavy (non-hydrogen) atoms. The Labute approximate surface area is 209 Å². The lowest BCUT2D eigenvalue weighted by molar-refractivity contribution is 0.282. The zero-order valence-corrected chi connectivity index (χ0v) is 20.4. The Morgan fingerprint density at radius 1 is 0.771 bits per heavy atom. The van der Waals surface area contributed by atoms with Gasteiger partial charge in [0.2, 0.25) is 0 Å². The molecule has 0 atom stereocenters. The Morgan fingerprint density at radius 2 is 1.66 bits per heavy atom. The standard InChI is InChI=1S/C29H27N5S/c1-2-8-22(9-3-1)29-32-25(21-35-29)20-33-14-7-15-34(17-16-33)27-19-24(26-11-4-5-12-30-26)18-23-10-6-13-31-28(23)27/h1-6,8-13,18-19,21H,7,14-17,20H2. The molecule has 1 aliphatic heterocycles. The summed E-state index contributed by atoms with van der Waals surface area (Å²) in [6.45, 7) is 4.94. The summed E-state index contributed by atoms with van der Waals surface area (Å²) in [4.78, 5) is 19.3. The van der Waals surface area contributed by atoms with E-state index in [4.69, 9.17) is 9.97 Å². The van der Waals surface area contributed by atoms with Gasteiger partial charge in [0.05, 0.1) is 22.6 Å². The molecule has 0 aliphatic carbocycles. The molecule has 1 fully saturated rings. The van der Waals surface area contributed by atoms with Crippen LogP contribution in [0.2, 0.25) is 0 Å². The molecular weight excluding hydrogens is 450 g/mol. The van der Waals surface area contributed by atoms with Crippen molar-refractivity contribution >= 4 is 27.9 Å². The predicted molar refractivity (Wildman–Crippen MR) is 145 cm³/mol. The molecular formula is C29H27N5S. The number of thiazole rings is 1. The Balaban J connectivity index is 1.22. The molecule has 3 aromatic heterocycles. The highest BCUT2D eigenvalue weighted by Crippen LogP contribution is 2.32. The molecule has 0 spiro atoms. The molecule has 4 heterocycles. The van der Waals surface area contributed by atoms with Crippen LogP contribution >= 0.6 is 11.3 Å². The lowest BCUT2D eigenvalue weighted by Gasteiger charge is -2.25. The molecule has 0 radical (unpaired) electrons. The van der Waals surface area contributed by atoms with Crippen LogP contribution in [0.3, 0.4) is 0 Å². The van der Waals surface area contributed by atoms with E-state index in [2.05, 4.69) is 68.7 Å². The van der Waals surface area contributed by atoms with Gasteiger partial charge < -0.3 is 4.90 Å². The maximum Gasteiger partial charge on any atom is 0.123 e. The van der Waals surface area contributed by atoms with Gasteiger partial charge in [-0.05, 0) is 36.8 Å². The third kappa shape index (κ3) is 4.81. The van der Waals surface area contributed by atoms with Crippen LogP contribution in [0.15, 0.2) is 90.6 Å². The highest BCUT2D eigenvalue weighted by Gasteiger charge is 2.19. The smallest absolute Gasteiger partial charge is 0.123 e.